The van der Waals surface area contributed by atoms with E-state index in [-0.39, 0.29) is 5.91 Å². The SMILES string of the molecule is O=C1/C=C\C(Cc2ccc(Cl)c(Oc3c(Cl)cccc3Cl)c2)=C\CCN1. The smallest absolute Gasteiger partial charge is 0.243 e. The molecule has 0 saturated heterocycles. The number of nitrogens with one attached hydrogen (secondary N) is 1. The first-order valence-electron chi connectivity index (χ1n) is 8.08. The highest BCUT2D eigenvalue weighted by Crippen LogP contribution is 2.39. The van der Waals surface area contributed by atoms with Gasteiger partial charge in [0.05, 0.1) is 15.1 Å². The van der Waals surface area contributed by atoms with Crippen LogP contribution >= 0.6 is 34.8 Å². The second kappa shape index (κ2) is 8.63. The van der Waals surface area contributed by atoms with Crippen LogP contribution < -0.4 is 10.1 Å². The maximum atomic E-state index is 11.5. The average molecular weight is 409 g/mol. The molecule has 1 amide bonds. The Balaban J connectivity index is 1.84. The summed E-state index contributed by atoms with van der Waals surface area (Å²) in [6.07, 6.45) is 6.93. The summed E-state index contributed by atoms with van der Waals surface area (Å²) in [4.78, 5) is 11.5. The Labute approximate surface area is 167 Å². The van der Waals surface area contributed by atoms with Gasteiger partial charge in [-0.2, -0.15) is 0 Å². The Morgan fingerprint density at radius 3 is 2.54 bits per heavy atom. The summed E-state index contributed by atoms with van der Waals surface area (Å²) >= 11 is 18.6. The fourth-order valence-electron chi connectivity index (χ4n) is 2.56. The van der Waals surface area contributed by atoms with E-state index in [4.69, 9.17) is 39.5 Å². The molecular formula is C20H16Cl3NO2. The average Bonchev–Trinajstić information content (AvgIpc) is 2.60. The van der Waals surface area contributed by atoms with E-state index < -0.39 is 0 Å². The third-order valence-corrected chi connectivity index (χ3v) is 4.74. The molecule has 3 nitrogen and oxygen atoms in total. The Morgan fingerprint density at radius 2 is 1.77 bits per heavy atom. The second-order valence-corrected chi connectivity index (χ2v) is 7.01. The molecule has 0 aromatic heterocycles. The number of benzene rings is 2. The second-order valence-electron chi connectivity index (χ2n) is 5.79. The van der Waals surface area contributed by atoms with Gasteiger partial charge in [0.25, 0.3) is 0 Å². The number of carbonyl (C=O) groups excluding carboxylic acids is 1. The number of para-hydroxylation sites is 1. The Morgan fingerprint density at radius 1 is 1.00 bits per heavy atom. The molecular weight excluding hydrogens is 393 g/mol. The van der Waals surface area contributed by atoms with Gasteiger partial charge in [0, 0.05) is 12.6 Å². The van der Waals surface area contributed by atoms with Crippen molar-refractivity contribution in [2.24, 2.45) is 0 Å². The zero-order chi connectivity index (χ0) is 18.5. The number of hydrogen-bond donors (Lipinski definition) is 1. The first-order valence-corrected chi connectivity index (χ1v) is 9.21. The molecule has 134 valence electrons. The van der Waals surface area contributed by atoms with Crippen LogP contribution in [0.15, 0.2) is 60.2 Å². The molecule has 0 atom stereocenters. The van der Waals surface area contributed by atoms with Crippen molar-refractivity contribution in [1.82, 2.24) is 5.32 Å². The number of rotatable bonds is 4. The minimum Gasteiger partial charge on any atom is -0.453 e. The summed E-state index contributed by atoms with van der Waals surface area (Å²) in [5.74, 6) is 0.771. The molecule has 0 radical (unpaired) electrons. The van der Waals surface area contributed by atoms with Gasteiger partial charge in [-0.05, 0) is 48.2 Å². The molecule has 1 aliphatic heterocycles. The predicted molar refractivity (Wildman–Crippen MR) is 107 cm³/mol. The van der Waals surface area contributed by atoms with Gasteiger partial charge in [-0.1, -0.05) is 59.1 Å². The topological polar surface area (TPSA) is 38.3 Å². The fraction of sp³-hybridized carbons (Fsp3) is 0.150. The highest BCUT2D eigenvalue weighted by Gasteiger charge is 2.12. The van der Waals surface area contributed by atoms with Gasteiger partial charge in [0.1, 0.15) is 5.75 Å². The molecule has 0 fully saturated rings. The van der Waals surface area contributed by atoms with Gasteiger partial charge in [0.15, 0.2) is 5.75 Å². The van der Waals surface area contributed by atoms with Gasteiger partial charge in [-0.15, -0.1) is 0 Å². The zero-order valence-corrected chi connectivity index (χ0v) is 16.0. The lowest BCUT2D eigenvalue weighted by Crippen LogP contribution is -2.22. The maximum Gasteiger partial charge on any atom is 0.243 e. The minimum absolute atomic E-state index is 0.0795. The van der Waals surface area contributed by atoms with Gasteiger partial charge in [0.2, 0.25) is 5.91 Å². The van der Waals surface area contributed by atoms with Crippen LogP contribution in [-0.2, 0) is 11.2 Å². The number of carbonyl (C=O) groups is 1. The molecule has 2 aromatic carbocycles. The van der Waals surface area contributed by atoms with Crippen molar-refractivity contribution in [3.8, 4) is 11.5 Å². The molecule has 0 unspecified atom stereocenters. The van der Waals surface area contributed by atoms with Crippen LogP contribution in [0.25, 0.3) is 0 Å². The maximum absolute atomic E-state index is 11.5. The van der Waals surface area contributed by atoms with Crippen LogP contribution in [0.2, 0.25) is 15.1 Å². The van der Waals surface area contributed by atoms with Crippen molar-refractivity contribution < 1.29 is 9.53 Å². The Hall–Kier alpha value is -1.94. The lowest BCUT2D eigenvalue weighted by atomic mass is 10.0. The van der Waals surface area contributed by atoms with Crippen molar-refractivity contribution in [2.45, 2.75) is 12.8 Å². The van der Waals surface area contributed by atoms with E-state index in [0.717, 1.165) is 17.6 Å². The third kappa shape index (κ3) is 4.82. The highest BCUT2D eigenvalue weighted by atomic mass is 35.5. The quantitative estimate of drug-likeness (QED) is 0.675. The highest BCUT2D eigenvalue weighted by molar-refractivity contribution is 6.37. The van der Waals surface area contributed by atoms with Crippen LogP contribution in [0.3, 0.4) is 0 Å². The molecule has 6 heteroatoms. The summed E-state index contributed by atoms with van der Waals surface area (Å²) in [5, 5.41) is 4.08. The molecule has 0 aliphatic carbocycles. The van der Waals surface area contributed by atoms with Crippen LogP contribution in [-0.4, -0.2) is 12.5 Å². The molecule has 1 heterocycles. The normalized spacial score (nSPS) is 17.5. The Bertz CT molecular complexity index is 870. The first kappa shape index (κ1) is 18.8. The molecule has 26 heavy (non-hydrogen) atoms. The van der Waals surface area contributed by atoms with Crippen LogP contribution in [0.5, 0.6) is 11.5 Å². The van der Waals surface area contributed by atoms with Gasteiger partial charge in [-0.25, -0.2) is 0 Å². The van der Waals surface area contributed by atoms with Crippen molar-refractivity contribution in [3.63, 3.8) is 0 Å². The molecule has 0 spiro atoms. The van der Waals surface area contributed by atoms with Crippen LogP contribution in [0.1, 0.15) is 12.0 Å². The standard InChI is InChI=1S/C20H16Cl3NO2/c21-15-8-6-14(11-13-3-2-10-24-19(25)9-7-13)12-18(15)26-20-16(22)4-1-5-17(20)23/h1,3-9,12H,2,10-11H2,(H,24,25)/b9-7-,13-3-. The lowest BCUT2D eigenvalue weighted by Gasteiger charge is -2.13. The number of ether oxygens (including phenoxy) is 1. The van der Waals surface area contributed by atoms with Crippen molar-refractivity contribution in [1.29, 1.82) is 0 Å². The van der Waals surface area contributed by atoms with Crippen molar-refractivity contribution in [3.05, 3.63) is 80.8 Å². The number of amides is 1. The molecule has 0 saturated carbocycles. The summed E-state index contributed by atoms with van der Waals surface area (Å²) in [7, 11) is 0. The van der Waals surface area contributed by atoms with Gasteiger partial charge >= 0.3 is 0 Å². The summed E-state index contributed by atoms with van der Waals surface area (Å²) < 4.78 is 5.86. The van der Waals surface area contributed by atoms with Crippen molar-refractivity contribution >= 4 is 40.7 Å². The third-order valence-electron chi connectivity index (χ3n) is 3.83. The fourth-order valence-corrected chi connectivity index (χ4v) is 3.19. The predicted octanol–water partition coefficient (Wildman–Crippen LogP) is 5.98. The first-order chi connectivity index (χ1) is 12.5. The molecule has 1 aliphatic rings. The van der Waals surface area contributed by atoms with E-state index in [1.807, 2.05) is 18.2 Å². The zero-order valence-electron chi connectivity index (χ0n) is 13.8. The summed E-state index contributed by atoms with van der Waals surface area (Å²) in [5.41, 5.74) is 2.06. The monoisotopic (exact) mass is 407 g/mol. The van der Waals surface area contributed by atoms with Gasteiger partial charge < -0.3 is 10.1 Å². The molecule has 1 N–H and O–H groups in total. The minimum atomic E-state index is -0.0795. The lowest BCUT2D eigenvalue weighted by molar-refractivity contribution is -0.116. The van der Waals surface area contributed by atoms with E-state index in [0.29, 0.717) is 39.5 Å². The van der Waals surface area contributed by atoms with Gasteiger partial charge in [-0.3, -0.25) is 4.79 Å². The van der Waals surface area contributed by atoms with E-state index in [1.165, 1.54) is 0 Å². The number of halogens is 3. The van der Waals surface area contributed by atoms with Crippen LogP contribution in [0.4, 0.5) is 0 Å². The van der Waals surface area contributed by atoms with E-state index in [9.17, 15) is 4.79 Å². The molecule has 0 bridgehead atoms. The summed E-state index contributed by atoms with van der Waals surface area (Å²) in [6.45, 7) is 0.632. The molecule has 3 rings (SSSR count). The largest absolute Gasteiger partial charge is 0.453 e. The van der Waals surface area contributed by atoms with E-state index in [2.05, 4.69) is 11.4 Å². The summed E-state index contributed by atoms with van der Waals surface area (Å²) in [6, 6.07) is 10.7. The Kier molecular flexibility index (Phi) is 6.25. The van der Waals surface area contributed by atoms with Crippen LogP contribution in [0, 0.1) is 0 Å². The number of allylic oxidation sites excluding steroid dienone is 2. The molecule has 2 aromatic rings. The van der Waals surface area contributed by atoms with E-state index in [1.54, 1.807) is 30.3 Å². The van der Waals surface area contributed by atoms with Crippen molar-refractivity contribution in [2.75, 3.05) is 6.54 Å². The van der Waals surface area contributed by atoms with E-state index >= 15 is 0 Å². The number of hydrogen-bond acceptors (Lipinski definition) is 2.